The molecule has 0 saturated carbocycles. The number of hydrogen-bond acceptors (Lipinski definition) is 3. The SMILES string of the molecule is CNC(c1cc2c(s1)CCCC2)c1nccn1C. The van der Waals surface area contributed by atoms with Crippen molar-refractivity contribution < 1.29 is 0 Å². The van der Waals surface area contributed by atoms with E-state index >= 15 is 0 Å². The number of nitrogens with one attached hydrogen (secondary N) is 1. The number of thiophene rings is 1. The van der Waals surface area contributed by atoms with Crippen LogP contribution >= 0.6 is 11.3 Å². The maximum atomic E-state index is 4.48. The molecule has 0 radical (unpaired) electrons. The van der Waals surface area contributed by atoms with E-state index in [4.69, 9.17) is 0 Å². The van der Waals surface area contributed by atoms with E-state index in [1.807, 2.05) is 30.8 Å². The summed E-state index contributed by atoms with van der Waals surface area (Å²) in [6, 6.07) is 2.61. The monoisotopic (exact) mass is 261 g/mol. The zero-order valence-electron chi connectivity index (χ0n) is 10.9. The van der Waals surface area contributed by atoms with Crippen LogP contribution in [0.1, 0.15) is 40.0 Å². The Balaban J connectivity index is 1.97. The molecule has 1 unspecified atom stereocenters. The van der Waals surface area contributed by atoms with Crippen molar-refractivity contribution in [2.75, 3.05) is 7.05 Å². The first-order valence-electron chi connectivity index (χ1n) is 6.55. The molecular weight excluding hydrogens is 242 g/mol. The zero-order chi connectivity index (χ0) is 12.5. The summed E-state index contributed by atoms with van der Waals surface area (Å²) in [4.78, 5) is 7.47. The molecule has 0 aromatic carbocycles. The number of rotatable bonds is 3. The molecule has 18 heavy (non-hydrogen) atoms. The van der Waals surface area contributed by atoms with Gasteiger partial charge in [-0.15, -0.1) is 11.3 Å². The van der Waals surface area contributed by atoms with Gasteiger partial charge in [0.2, 0.25) is 0 Å². The van der Waals surface area contributed by atoms with Crippen molar-refractivity contribution in [3.63, 3.8) is 0 Å². The first-order chi connectivity index (χ1) is 8.79. The molecule has 0 saturated heterocycles. The van der Waals surface area contributed by atoms with Crippen molar-refractivity contribution in [1.82, 2.24) is 14.9 Å². The molecule has 1 N–H and O–H groups in total. The van der Waals surface area contributed by atoms with E-state index in [0.717, 1.165) is 5.82 Å². The van der Waals surface area contributed by atoms with E-state index in [2.05, 4.69) is 28.0 Å². The summed E-state index contributed by atoms with van der Waals surface area (Å²) in [7, 11) is 4.07. The lowest BCUT2D eigenvalue weighted by atomic mass is 9.99. The van der Waals surface area contributed by atoms with Crippen molar-refractivity contribution in [3.8, 4) is 0 Å². The molecule has 0 fully saturated rings. The average Bonchev–Trinajstić information content (AvgIpc) is 2.97. The van der Waals surface area contributed by atoms with Crippen molar-refractivity contribution in [3.05, 3.63) is 39.6 Å². The Morgan fingerprint density at radius 3 is 2.89 bits per heavy atom. The van der Waals surface area contributed by atoms with E-state index in [-0.39, 0.29) is 6.04 Å². The first-order valence-corrected chi connectivity index (χ1v) is 7.37. The van der Waals surface area contributed by atoms with Gasteiger partial charge in [0.05, 0.1) is 0 Å². The van der Waals surface area contributed by atoms with Crippen LogP contribution in [0.4, 0.5) is 0 Å². The largest absolute Gasteiger partial charge is 0.336 e. The third-order valence-corrected chi connectivity index (χ3v) is 5.01. The van der Waals surface area contributed by atoms with Crippen molar-refractivity contribution in [1.29, 1.82) is 0 Å². The second-order valence-corrected chi connectivity index (χ2v) is 6.09. The Bertz CT molecular complexity index is 517. The van der Waals surface area contributed by atoms with Crippen LogP contribution in [0.2, 0.25) is 0 Å². The fourth-order valence-corrected chi connectivity index (χ4v) is 4.08. The summed E-state index contributed by atoms with van der Waals surface area (Å²) >= 11 is 1.96. The predicted molar refractivity (Wildman–Crippen MR) is 75.1 cm³/mol. The number of imidazole rings is 1. The van der Waals surface area contributed by atoms with Crippen LogP contribution in [-0.2, 0) is 19.9 Å². The molecule has 96 valence electrons. The molecule has 2 aromatic rings. The van der Waals surface area contributed by atoms with Gasteiger partial charge in [-0.3, -0.25) is 0 Å². The lowest BCUT2D eigenvalue weighted by Crippen LogP contribution is -2.20. The number of aromatic nitrogens is 2. The standard InChI is InChI=1S/C14H19N3S/c1-15-13(14-16-7-8-17(14)2)12-9-10-5-3-4-6-11(10)18-12/h7-9,13,15H,3-6H2,1-2H3. The summed E-state index contributed by atoms with van der Waals surface area (Å²) in [6.07, 6.45) is 9.08. The molecule has 4 heteroatoms. The van der Waals surface area contributed by atoms with Gasteiger partial charge >= 0.3 is 0 Å². The molecule has 0 amide bonds. The Morgan fingerprint density at radius 2 is 2.22 bits per heavy atom. The minimum atomic E-state index is 0.223. The number of nitrogens with zero attached hydrogens (tertiary/aromatic N) is 2. The van der Waals surface area contributed by atoms with Gasteiger partial charge in [-0.1, -0.05) is 0 Å². The minimum absolute atomic E-state index is 0.223. The average molecular weight is 261 g/mol. The Hall–Kier alpha value is -1.13. The van der Waals surface area contributed by atoms with Crippen LogP contribution in [0.3, 0.4) is 0 Å². The molecule has 3 rings (SSSR count). The zero-order valence-corrected chi connectivity index (χ0v) is 11.8. The van der Waals surface area contributed by atoms with Gasteiger partial charge in [0.15, 0.2) is 0 Å². The van der Waals surface area contributed by atoms with E-state index in [9.17, 15) is 0 Å². The molecular formula is C14H19N3S. The first kappa shape index (κ1) is 11.9. The molecule has 2 heterocycles. The highest BCUT2D eigenvalue weighted by Gasteiger charge is 2.21. The van der Waals surface area contributed by atoms with Crippen LogP contribution in [0.5, 0.6) is 0 Å². The molecule has 3 nitrogen and oxygen atoms in total. The molecule has 0 aliphatic heterocycles. The Morgan fingerprint density at radius 1 is 1.39 bits per heavy atom. The van der Waals surface area contributed by atoms with Crippen molar-refractivity contribution in [2.45, 2.75) is 31.7 Å². The van der Waals surface area contributed by atoms with Gasteiger partial charge in [-0.05, 0) is 44.4 Å². The summed E-state index contributed by atoms with van der Waals surface area (Å²) < 4.78 is 2.10. The van der Waals surface area contributed by atoms with Crippen LogP contribution in [0, 0.1) is 0 Å². The van der Waals surface area contributed by atoms with E-state index < -0.39 is 0 Å². The maximum Gasteiger partial charge on any atom is 0.131 e. The van der Waals surface area contributed by atoms with Crippen LogP contribution in [0.15, 0.2) is 18.5 Å². The van der Waals surface area contributed by atoms with E-state index in [0.29, 0.717) is 0 Å². The lowest BCUT2D eigenvalue weighted by molar-refractivity contribution is 0.625. The van der Waals surface area contributed by atoms with Crippen molar-refractivity contribution >= 4 is 11.3 Å². The lowest BCUT2D eigenvalue weighted by Gasteiger charge is -2.14. The van der Waals surface area contributed by atoms with Crippen LogP contribution in [-0.4, -0.2) is 16.6 Å². The molecule has 0 spiro atoms. The van der Waals surface area contributed by atoms with E-state index in [1.165, 1.54) is 30.6 Å². The summed E-state index contributed by atoms with van der Waals surface area (Å²) in [5.41, 5.74) is 1.57. The predicted octanol–water partition coefficient (Wildman–Crippen LogP) is 2.67. The second-order valence-electron chi connectivity index (χ2n) is 4.92. The number of hydrogen-bond donors (Lipinski definition) is 1. The van der Waals surface area contributed by atoms with Gasteiger partial charge in [0.25, 0.3) is 0 Å². The maximum absolute atomic E-state index is 4.48. The van der Waals surface area contributed by atoms with Gasteiger partial charge in [-0.2, -0.15) is 0 Å². The van der Waals surface area contributed by atoms with Gasteiger partial charge in [-0.25, -0.2) is 4.98 Å². The molecule has 1 atom stereocenters. The van der Waals surface area contributed by atoms with Crippen LogP contribution < -0.4 is 5.32 Å². The Labute approximate surface area is 112 Å². The molecule has 1 aliphatic rings. The fraction of sp³-hybridized carbons (Fsp3) is 0.500. The molecule has 1 aliphatic carbocycles. The summed E-state index contributed by atoms with van der Waals surface area (Å²) in [5, 5.41) is 3.40. The highest BCUT2D eigenvalue weighted by Crippen LogP contribution is 2.34. The summed E-state index contributed by atoms with van der Waals surface area (Å²) in [5.74, 6) is 1.09. The molecule has 0 bridgehead atoms. The topological polar surface area (TPSA) is 29.9 Å². The van der Waals surface area contributed by atoms with E-state index in [1.54, 1.807) is 10.4 Å². The second kappa shape index (κ2) is 4.86. The third kappa shape index (κ3) is 1.99. The highest BCUT2D eigenvalue weighted by molar-refractivity contribution is 7.12. The van der Waals surface area contributed by atoms with Gasteiger partial charge in [0, 0.05) is 29.2 Å². The van der Waals surface area contributed by atoms with Gasteiger partial charge < -0.3 is 9.88 Å². The fourth-order valence-electron chi connectivity index (χ4n) is 2.71. The number of fused-ring (bicyclic) bond motifs is 1. The third-order valence-electron chi connectivity index (χ3n) is 3.71. The smallest absolute Gasteiger partial charge is 0.131 e. The molecule has 2 aromatic heterocycles. The normalized spacial score (nSPS) is 16.6. The van der Waals surface area contributed by atoms with Gasteiger partial charge in [0.1, 0.15) is 11.9 Å². The number of aryl methyl sites for hydroxylation is 3. The highest BCUT2D eigenvalue weighted by atomic mass is 32.1. The quantitative estimate of drug-likeness (QED) is 0.920. The Kier molecular flexibility index (Phi) is 3.22. The minimum Gasteiger partial charge on any atom is -0.336 e. The van der Waals surface area contributed by atoms with Crippen molar-refractivity contribution in [2.24, 2.45) is 7.05 Å². The summed E-state index contributed by atoms with van der Waals surface area (Å²) in [6.45, 7) is 0. The van der Waals surface area contributed by atoms with Crippen LogP contribution in [0.25, 0.3) is 0 Å².